The minimum Gasteiger partial charge on any atom is -0.380 e. The van der Waals surface area contributed by atoms with Crippen molar-refractivity contribution in [2.45, 2.75) is 44.0 Å². The summed E-state index contributed by atoms with van der Waals surface area (Å²) in [6.45, 7) is 3.20. The summed E-state index contributed by atoms with van der Waals surface area (Å²) in [5.41, 5.74) is 4.09. The number of aliphatic hydroxyl groups is 1. The van der Waals surface area contributed by atoms with Gasteiger partial charge in [0.1, 0.15) is 17.1 Å². The third-order valence-electron chi connectivity index (χ3n) is 6.92. The Morgan fingerprint density at radius 1 is 1.00 bits per heavy atom. The Bertz CT molecular complexity index is 1400. The maximum atomic E-state index is 14.9. The number of amides is 1. The highest BCUT2D eigenvalue weighted by molar-refractivity contribution is 6.06. The van der Waals surface area contributed by atoms with Gasteiger partial charge in [0.05, 0.1) is 11.3 Å². The van der Waals surface area contributed by atoms with Crippen LogP contribution < -0.4 is 16.4 Å². The molecule has 0 aliphatic heterocycles. The second-order valence-corrected chi connectivity index (χ2v) is 9.97. The van der Waals surface area contributed by atoms with Crippen LogP contribution in [0.2, 0.25) is 0 Å². The minimum atomic E-state index is -4.79. The lowest BCUT2D eigenvalue weighted by Crippen LogP contribution is -2.28. The van der Waals surface area contributed by atoms with Crippen molar-refractivity contribution < 1.29 is 27.5 Å². The topological polar surface area (TPSA) is 87.4 Å². The minimum absolute atomic E-state index is 0.180. The van der Waals surface area contributed by atoms with Crippen molar-refractivity contribution in [1.29, 1.82) is 0 Å². The molecular weight excluding hydrogens is 522 g/mol. The molecular formula is C31H31F4N3O2. The van der Waals surface area contributed by atoms with Crippen LogP contribution >= 0.6 is 0 Å². The molecule has 210 valence electrons. The van der Waals surface area contributed by atoms with Crippen molar-refractivity contribution in [2.75, 3.05) is 10.6 Å². The maximum Gasteiger partial charge on any atom is 0.415 e. The van der Waals surface area contributed by atoms with E-state index in [2.05, 4.69) is 17.2 Å². The first-order chi connectivity index (χ1) is 19.0. The standard InChI is InChI=1S/C31H31F4N3O2/c1-20(31(33,34)35)16-28(37-25-9-5-6-22(17-25)19-36)29(39)38-27-18-24(12-13-26(27)32)30(40,15-14-21-10-11-21)23-7-3-2-4-8-23/h2-9,12-13,16-18,21,37,40H,1,10-11,14-15,19,36H2,(H,38,39)/b28-16-. The highest BCUT2D eigenvalue weighted by Gasteiger charge is 2.35. The lowest BCUT2D eigenvalue weighted by molar-refractivity contribution is -0.112. The monoisotopic (exact) mass is 553 g/mol. The first-order valence-corrected chi connectivity index (χ1v) is 12.9. The van der Waals surface area contributed by atoms with E-state index in [0.717, 1.165) is 25.3 Å². The lowest BCUT2D eigenvalue weighted by Gasteiger charge is -2.30. The maximum absolute atomic E-state index is 14.9. The number of carbonyl (C=O) groups excluding carboxylic acids is 1. The SMILES string of the molecule is C=C(/C=C(\Nc1cccc(CN)c1)C(=O)Nc1cc(C(O)(CCC2CC2)c2ccccc2)ccc1F)C(F)(F)F. The van der Waals surface area contributed by atoms with Crippen LogP contribution in [0.1, 0.15) is 42.4 Å². The summed E-state index contributed by atoms with van der Waals surface area (Å²) in [6.07, 6.45) is -0.892. The summed E-state index contributed by atoms with van der Waals surface area (Å²) in [4.78, 5) is 13.2. The third-order valence-corrected chi connectivity index (χ3v) is 6.92. The third kappa shape index (κ3) is 7.16. The zero-order chi connectivity index (χ0) is 28.9. The quantitative estimate of drug-likeness (QED) is 0.120. The van der Waals surface area contributed by atoms with Gasteiger partial charge in [0.2, 0.25) is 0 Å². The first-order valence-electron chi connectivity index (χ1n) is 12.9. The molecule has 40 heavy (non-hydrogen) atoms. The second-order valence-electron chi connectivity index (χ2n) is 9.97. The summed E-state index contributed by atoms with van der Waals surface area (Å²) in [6, 6.07) is 19.3. The summed E-state index contributed by atoms with van der Waals surface area (Å²) in [5.74, 6) is -1.32. The van der Waals surface area contributed by atoms with Crippen molar-refractivity contribution in [2.24, 2.45) is 11.7 Å². The smallest absolute Gasteiger partial charge is 0.380 e. The molecule has 5 N–H and O–H groups in total. The van der Waals surface area contributed by atoms with E-state index in [9.17, 15) is 27.5 Å². The fraction of sp³-hybridized carbons (Fsp3) is 0.258. The number of rotatable bonds is 11. The average Bonchev–Trinajstić information content (AvgIpc) is 3.77. The highest BCUT2D eigenvalue weighted by atomic mass is 19.4. The average molecular weight is 554 g/mol. The molecule has 1 amide bonds. The number of carbonyl (C=O) groups is 1. The molecule has 1 unspecified atom stereocenters. The van der Waals surface area contributed by atoms with Gasteiger partial charge in [0, 0.05) is 12.2 Å². The van der Waals surface area contributed by atoms with Gasteiger partial charge < -0.3 is 21.5 Å². The molecule has 1 aliphatic carbocycles. The van der Waals surface area contributed by atoms with Crippen molar-refractivity contribution in [3.63, 3.8) is 0 Å². The summed E-state index contributed by atoms with van der Waals surface area (Å²) < 4.78 is 54.8. The largest absolute Gasteiger partial charge is 0.415 e. The predicted molar refractivity (Wildman–Crippen MR) is 148 cm³/mol. The molecule has 3 aromatic carbocycles. The Morgan fingerprint density at radius 2 is 1.73 bits per heavy atom. The van der Waals surface area contributed by atoms with Crippen LogP contribution in [0, 0.1) is 11.7 Å². The van der Waals surface area contributed by atoms with Crippen molar-refractivity contribution in [1.82, 2.24) is 0 Å². The molecule has 4 rings (SSSR count). The number of nitrogens with two attached hydrogens (primary N) is 1. The first kappa shape index (κ1) is 29.0. The van der Waals surface area contributed by atoms with Crippen LogP contribution in [0.3, 0.4) is 0 Å². The van der Waals surface area contributed by atoms with Crippen LogP contribution in [0.5, 0.6) is 0 Å². The Hall–Kier alpha value is -3.95. The van der Waals surface area contributed by atoms with E-state index in [1.165, 1.54) is 12.1 Å². The van der Waals surface area contributed by atoms with Crippen LogP contribution in [0.25, 0.3) is 0 Å². The van der Waals surface area contributed by atoms with E-state index >= 15 is 0 Å². The van der Waals surface area contributed by atoms with Crippen molar-refractivity contribution in [3.8, 4) is 0 Å². The van der Waals surface area contributed by atoms with E-state index in [1.54, 1.807) is 48.5 Å². The van der Waals surface area contributed by atoms with Gasteiger partial charge in [-0.2, -0.15) is 13.2 Å². The number of alkyl halides is 3. The molecule has 0 spiro atoms. The molecule has 0 bridgehead atoms. The van der Waals surface area contributed by atoms with E-state index < -0.39 is 34.8 Å². The fourth-order valence-electron chi connectivity index (χ4n) is 4.40. The fourth-order valence-corrected chi connectivity index (χ4v) is 4.40. The number of hydrogen-bond donors (Lipinski definition) is 4. The normalized spacial score (nSPS) is 15.3. The molecule has 0 aromatic heterocycles. The molecule has 5 nitrogen and oxygen atoms in total. The Labute approximate surface area is 230 Å². The number of anilines is 2. The molecule has 0 saturated heterocycles. The Kier molecular flexibility index (Phi) is 8.76. The molecule has 1 saturated carbocycles. The van der Waals surface area contributed by atoms with Gasteiger partial charge in [0.25, 0.3) is 5.91 Å². The summed E-state index contributed by atoms with van der Waals surface area (Å²) >= 11 is 0. The van der Waals surface area contributed by atoms with Gasteiger partial charge in [-0.1, -0.05) is 68.0 Å². The zero-order valence-electron chi connectivity index (χ0n) is 21.8. The number of allylic oxidation sites excluding steroid dienone is 2. The number of halogens is 4. The van der Waals surface area contributed by atoms with Gasteiger partial charge in [-0.15, -0.1) is 0 Å². The molecule has 3 aromatic rings. The molecule has 1 aliphatic rings. The van der Waals surface area contributed by atoms with E-state index in [0.29, 0.717) is 40.8 Å². The van der Waals surface area contributed by atoms with E-state index in [-0.39, 0.29) is 12.2 Å². The van der Waals surface area contributed by atoms with Gasteiger partial charge in [-0.3, -0.25) is 4.79 Å². The van der Waals surface area contributed by atoms with Gasteiger partial charge in [-0.05, 0) is 65.8 Å². The summed E-state index contributed by atoms with van der Waals surface area (Å²) in [5, 5.41) is 16.9. The predicted octanol–water partition coefficient (Wildman–Crippen LogP) is 6.76. The van der Waals surface area contributed by atoms with Crippen molar-refractivity contribution >= 4 is 17.3 Å². The number of nitrogens with one attached hydrogen (secondary N) is 2. The second kappa shape index (κ2) is 12.1. The highest BCUT2D eigenvalue weighted by Crippen LogP contribution is 2.41. The van der Waals surface area contributed by atoms with E-state index in [4.69, 9.17) is 5.73 Å². The van der Waals surface area contributed by atoms with Gasteiger partial charge in [0.15, 0.2) is 0 Å². The number of benzene rings is 3. The molecule has 1 fully saturated rings. The van der Waals surface area contributed by atoms with Crippen LogP contribution in [-0.4, -0.2) is 17.2 Å². The number of hydrogen-bond acceptors (Lipinski definition) is 4. The van der Waals surface area contributed by atoms with Crippen LogP contribution in [-0.2, 0) is 16.9 Å². The Morgan fingerprint density at radius 3 is 2.38 bits per heavy atom. The molecule has 0 heterocycles. The molecule has 1 atom stereocenters. The molecule has 9 heteroatoms. The Balaban J connectivity index is 1.66. The lowest BCUT2D eigenvalue weighted by atomic mass is 9.82. The van der Waals surface area contributed by atoms with Crippen molar-refractivity contribution in [3.05, 3.63) is 119 Å². The van der Waals surface area contributed by atoms with E-state index in [1.807, 2.05) is 6.07 Å². The van der Waals surface area contributed by atoms with Gasteiger partial charge in [-0.25, -0.2) is 4.39 Å². The molecule has 0 radical (unpaired) electrons. The van der Waals surface area contributed by atoms with Crippen LogP contribution in [0.15, 0.2) is 96.7 Å². The van der Waals surface area contributed by atoms with Crippen LogP contribution in [0.4, 0.5) is 28.9 Å². The van der Waals surface area contributed by atoms with Gasteiger partial charge >= 0.3 is 6.18 Å². The zero-order valence-corrected chi connectivity index (χ0v) is 21.8. The summed E-state index contributed by atoms with van der Waals surface area (Å²) in [7, 11) is 0.